The minimum Gasteiger partial charge on any atom is -0.326 e. The van der Waals surface area contributed by atoms with Crippen molar-refractivity contribution >= 4 is 17.5 Å². The van der Waals surface area contributed by atoms with E-state index >= 15 is 0 Å². The van der Waals surface area contributed by atoms with Crippen LogP contribution in [0.1, 0.15) is 11.1 Å². The molecule has 0 aliphatic heterocycles. The number of nitrogens with zero attached hydrogens (tertiary/aromatic N) is 2. The van der Waals surface area contributed by atoms with Crippen LogP contribution in [0.25, 0.3) is 0 Å². The molecule has 19 heavy (non-hydrogen) atoms. The third-order valence-electron chi connectivity index (χ3n) is 2.78. The molecule has 1 aromatic carbocycles. The largest absolute Gasteiger partial charge is 0.326 e. The Labute approximate surface area is 111 Å². The van der Waals surface area contributed by atoms with E-state index < -0.39 is 0 Å². The molecule has 0 spiro atoms. The van der Waals surface area contributed by atoms with E-state index in [2.05, 4.69) is 15.7 Å². The smallest absolute Gasteiger partial charge is 0.324 e. The summed E-state index contributed by atoms with van der Waals surface area (Å²) in [5.41, 5.74) is 8.25. The number of aromatic nitrogens is 2. The van der Waals surface area contributed by atoms with E-state index in [-0.39, 0.29) is 6.03 Å². The summed E-state index contributed by atoms with van der Waals surface area (Å²) in [6, 6.07) is 7.25. The van der Waals surface area contributed by atoms with Crippen LogP contribution in [0.4, 0.5) is 16.3 Å². The van der Waals surface area contributed by atoms with Gasteiger partial charge in [-0.1, -0.05) is 17.7 Å². The predicted molar refractivity (Wildman–Crippen MR) is 74.9 cm³/mol. The van der Waals surface area contributed by atoms with Gasteiger partial charge in [-0.25, -0.2) is 4.79 Å². The van der Waals surface area contributed by atoms with Crippen LogP contribution in [0.5, 0.6) is 0 Å². The van der Waals surface area contributed by atoms with Crippen molar-refractivity contribution in [2.24, 2.45) is 12.8 Å². The molecule has 0 atom stereocenters. The Hall–Kier alpha value is -2.34. The summed E-state index contributed by atoms with van der Waals surface area (Å²) in [4.78, 5) is 11.9. The molecule has 0 bridgehead atoms. The number of urea groups is 1. The summed E-state index contributed by atoms with van der Waals surface area (Å²) in [7, 11) is 1.75. The fraction of sp³-hybridized carbons (Fsp3) is 0.231. The van der Waals surface area contributed by atoms with Crippen LogP contribution in [0.3, 0.4) is 0 Å². The molecule has 0 saturated carbocycles. The van der Waals surface area contributed by atoms with E-state index in [0.29, 0.717) is 12.4 Å². The number of anilines is 2. The average molecular weight is 259 g/mol. The van der Waals surface area contributed by atoms with Crippen molar-refractivity contribution in [3.8, 4) is 0 Å². The first-order valence-corrected chi connectivity index (χ1v) is 5.95. The van der Waals surface area contributed by atoms with Gasteiger partial charge in [0.05, 0.1) is 6.20 Å². The van der Waals surface area contributed by atoms with Crippen molar-refractivity contribution < 1.29 is 4.79 Å². The molecular formula is C13H17N5O. The fourth-order valence-corrected chi connectivity index (χ4v) is 1.70. The van der Waals surface area contributed by atoms with Gasteiger partial charge in [0.15, 0.2) is 0 Å². The van der Waals surface area contributed by atoms with Gasteiger partial charge in [-0.2, -0.15) is 5.10 Å². The zero-order valence-corrected chi connectivity index (χ0v) is 11.0. The minimum absolute atomic E-state index is 0.317. The molecule has 0 fully saturated rings. The zero-order chi connectivity index (χ0) is 13.8. The number of hydrogen-bond acceptors (Lipinski definition) is 3. The summed E-state index contributed by atoms with van der Waals surface area (Å²) < 4.78 is 1.58. The molecule has 2 rings (SSSR count). The van der Waals surface area contributed by atoms with Gasteiger partial charge in [0.25, 0.3) is 0 Å². The monoisotopic (exact) mass is 259 g/mol. The highest BCUT2D eigenvalue weighted by Crippen LogP contribution is 2.14. The number of carbonyl (C=O) groups is 1. The number of rotatable bonds is 3. The van der Waals surface area contributed by atoms with Gasteiger partial charge in [0.2, 0.25) is 0 Å². The molecule has 4 N–H and O–H groups in total. The Morgan fingerprint density at radius 2 is 2.00 bits per heavy atom. The fourth-order valence-electron chi connectivity index (χ4n) is 1.70. The SMILES string of the molecule is Cc1ccc(NC(=O)Nc2c(CN)cnn2C)cc1. The number of aryl methyl sites for hydroxylation is 2. The highest BCUT2D eigenvalue weighted by atomic mass is 16.2. The minimum atomic E-state index is -0.317. The van der Waals surface area contributed by atoms with E-state index in [1.807, 2.05) is 31.2 Å². The second-order valence-electron chi connectivity index (χ2n) is 4.29. The number of carbonyl (C=O) groups excluding carboxylic acids is 1. The summed E-state index contributed by atoms with van der Waals surface area (Å²) in [6.07, 6.45) is 1.64. The maximum absolute atomic E-state index is 11.9. The average Bonchev–Trinajstić information content (AvgIpc) is 2.73. The Morgan fingerprint density at radius 3 is 2.63 bits per heavy atom. The van der Waals surface area contributed by atoms with E-state index in [0.717, 1.165) is 16.8 Å². The number of amides is 2. The normalized spacial score (nSPS) is 10.3. The van der Waals surface area contributed by atoms with Crippen LogP contribution >= 0.6 is 0 Å². The van der Waals surface area contributed by atoms with Gasteiger partial charge in [-0.3, -0.25) is 10.00 Å². The quantitative estimate of drug-likeness (QED) is 0.786. The lowest BCUT2D eigenvalue weighted by atomic mass is 10.2. The van der Waals surface area contributed by atoms with E-state index in [4.69, 9.17) is 5.73 Å². The number of nitrogens with two attached hydrogens (primary N) is 1. The molecule has 0 aliphatic carbocycles. The van der Waals surface area contributed by atoms with Crippen molar-refractivity contribution in [2.75, 3.05) is 10.6 Å². The molecular weight excluding hydrogens is 242 g/mol. The molecule has 100 valence electrons. The molecule has 6 heteroatoms. The molecule has 0 radical (unpaired) electrons. The molecule has 1 heterocycles. The van der Waals surface area contributed by atoms with Crippen LogP contribution < -0.4 is 16.4 Å². The second-order valence-corrected chi connectivity index (χ2v) is 4.29. The topological polar surface area (TPSA) is 85.0 Å². The Kier molecular flexibility index (Phi) is 3.82. The molecule has 0 aliphatic rings. The van der Waals surface area contributed by atoms with E-state index in [1.165, 1.54) is 0 Å². The summed E-state index contributed by atoms with van der Waals surface area (Å²) in [5.74, 6) is 0.604. The second kappa shape index (κ2) is 5.53. The van der Waals surface area contributed by atoms with Crippen LogP contribution in [-0.2, 0) is 13.6 Å². The van der Waals surface area contributed by atoms with Crippen LogP contribution in [-0.4, -0.2) is 15.8 Å². The summed E-state index contributed by atoms with van der Waals surface area (Å²) >= 11 is 0. The van der Waals surface area contributed by atoms with Gasteiger partial charge < -0.3 is 11.1 Å². The van der Waals surface area contributed by atoms with Gasteiger partial charge in [-0.15, -0.1) is 0 Å². The lowest BCUT2D eigenvalue weighted by molar-refractivity contribution is 0.262. The summed E-state index contributed by atoms with van der Waals surface area (Å²) in [6.45, 7) is 2.32. The first kappa shape index (κ1) is 13.1. The van der Waals surface area contributed by atoms with Gasteiger partial charge in [0, 0.05) is 24.8 Å². The third kappa shape index (κ3) is 3.11. The van der Waals surface area contributed by atoms with Crippen molar-refractivity contribution in [3.63, 3.8) is 0 Å². The van der Waals surface area contributed by atoms with Gasteiger partial charge in [-0.05, 0) is 19.1 Å². The molecule has 1 aromatic heterocycles. The van der Waals surface area contributed by atoms with Crippen LogP contribution in [0.15, 0.2) is 30.5 Å². The Morgan fingerprint density at radius 1 is 1.32 bits per heavy atom. The lowest BCUT2D eigenvalue weighted by Gasteiger charge is -2.09. The van der Waals surface area contributed by atoms with Gasteiger partial charge >= 0.3 is 6.03 Å². The van der Waals surface area contributed by atoms with Crippen molar-refractivity contribution in [2.45, 2.75) is 13.5 Å². The molecule has 2 amide bonds. The highest BCUT2D eigenvalue weighted by molar-refractivity contribution is 5.99. The number of nitrogens with one attached hydrogen (secondary N) is 2. The first-order valence-electron chi connectivity index (χ1n) is 5.95. The molecule has 2 aromatic rings. The zero-order valence-electron chi connectivity index (χ0n) is 11.0. The Bertz CT molecular complexity index is 573. The Balaban J connectivity index is 2.05. The standard InChI is InChI=1S/C13H17N5O/c1-9-3-5-11(6-4-9)16-13(19)17-12-10(7-14)8-15-18(12)2/h3-6,8H,7,14H2,1-2H3,(H2,16,17,19). The lowest BCUT2D eigenvalue weighted by Crippen LogP contribution is -2.22. The third-order valence-corrected chi connectivity index (χ3v) is 2.78. The van der Waals surface area contributed by atoms with Crippen molar-refractivity contribution in [1.29, 1.82) is 0 Å². The number of hydrogen-bond donors (Lipinski definition) is 3. The van der Waals surface area contributed by atoms with Crippen molar-refractivity contribution in [1.82, 2.24) is 9.78 Å². The van der Waals surface area contributed by atoms with Crippen LogP contribution in [0, 0.1) is 6.92 Å². The van der Waals surface area contributed by atoms with E-state index in [9.17, 15) is 4.79 Å². The van der Waals surface area contributed by atoms with Crippen LogP contribution in [0.2, 0.25) is 0 Å². The van der Waals surface area contributed by atoms with Gasteiger partial charge in [0.1, 0.15) is 5.82 Å². The molecule has 0 saturated heterocycles. The summed E-state index contributed by atoms with van der Waals surface area (Å²) in [5, 5.41) is 9.55. The highest BCUT2D eigenvalue weighted by Gasteiger charge is 2.10. The predicted octanol–water partition coefficient (Wildman–Crippen LogP) is 1.83. The maximum atomic E-state index is 11.9. The van der Waals surface area contributed by atoms with E-state index in [1.54, 1.807) is 17.9 Å². The first-order chi connectivity index (χ1) is 9.10. The molecule has 6 nitrogen and oxygen atoms in total. The number of benzene rings is 1. The maximum Gasteiger partial charge on any atom is 0.324 e. The van der Waals surface area contributed by atoms with Crippen molar-refractivity contribution in [3.05, 3.63) is 41.6 Å². The molecule has 0 unspecified atom stereocenters.